The molecule has 1 aromatic heterocycles. The summed E-state index contributed by atoms with van der Waals surface area (Å²) < 4.78 is 7.60. The average Bonchev–Trinajstić information content (AvgIpc) is 3.33. The lowest BCUT2D eigenvalue weighted by Crippen LogP contribution is -2.51. The van der Waals surface area contributed by atoms with Crippen LogP contribution in [0.15, 0.2) is 30.9 Å². The van der Waals surface area contributed by atoms with Gasteiger partial charge in [-0.15, -0.1) is 0 Å². The lowest BCUT2D eigenvalue weighted by Gasteiger charge is -2.43. The molecule has 1 N–H and O–H groups in total. The van der Waals surface area contributed by atoms with Gasteiger partial charge in [0.2, 0.25) is 5.91 Å². The number of piperidine rings is 1. The maximum Gasteiger partial charge on any atom is 0.255 e. The fraction of sp³-hybridized carbons (Fsp3) is 0.583. The van der Waals surface area contributed by atoms with E-state index in [9.17, 15) is 9.59 Å². The van der Waals surface area contributed by atoms with E-state index in [-0.39, 0.29) is 17.2 Å². The van der Waals surface area contributed by atoms with Gasteiger partial charge in [0.05, 0.1) is 12.2 Å². The third kappa shape index (κ3) is 6.25. The molecule has 1 unspecified atom stereocenters. The molecule has 1 fully saturated rings. The predicted molar refractivity (Wildman–Crippen MR) is 125 cm³/mol. The number of amides is 2. The SMILES string of the molecule is O=C1NCC2(CCCCCOc3ccc(Cl)cc31)CCCN(C(=O)CCCn1cncn1)C2. The lowest BCUT2D eigenvalue weighted by molar-refractivity contribution is -0.135. The Bertz CT molecular complexity index is 952. The number of benzene rings is 1. The Labute approximate surface area is 199 Å². The molecule has 2 aliphatic heterocycles. The number of nitrogens with one attached hydrogen (secondary N) is 1. The number of hydrogen-bond donors (Lipinski definition) is 1. The Morgan fingerprint density at radius 3 is 2.94 bits per heavy atom. The number of rotatable bonds is 4. The van der Waals surface area contributed by atoms with Gasteiger partial charge in [0.1, 0.15) is 18.4 Å². The number of fused-ring (bicyclic) bond motifs is 1. The first kappa shape index (κ1) is 23.5. The third-order valence-corrected chi connectivity index (χ3v) is 6.91. The van der Waals surface area contributed by atoms with E-state index in [0.29, 0.717) is 49.0 Å². The summed E-state index contributed by atoms with van der Waals surface area (Å²) in [5.74, 6) is 0.570. The zero-order chi connectivity index (χ0) is 23.1. The second-order valence-electron chi connectivity index (χ2n) is 9.16. The number of aromatic nitrogens is 3. The Kier molecular flexibility index (Phi) is 7.85. The van der Waals surface area contributed by atoms with Gasteiger partial charge < -0.3 is 15.0 Å². The topological polar surface area (TPSA) is 89.4 Å². The van der Waals surface area contributed by atoms with E-state index in [1.807, 2.05) is 4.90 Å². The number of ether oxygens (including phenoxy) is 1. The van der Waals surface area contributed by atoms with E-state index < -0.39 is 0 Å². The largest absolute Gasteiger partial charge is 0.493 e. The number of halogens is 1. The molecule has 4 rings (SSSR count). The van der Waals surface area contributed by atoms with Crippen LogP contribution in [0.3, 0.4) is 0 Å². The smallest absolute Gasteiger partial charge is 0.255 e. The first-order valence-corrected chi connectivity index (χ1v) is 12.2. The van der Waals surface area contributed by atoms with E-state index in [1.165, 1.54) is 6.33 Å². The van der Waals surface area contributed by atoms with Crippen molar-refractivity contribution in [3.05, 3.63) is 41.4 Å². The van der Waals surface area contributed by atoms with Crippen molar-refractivity contribution in [2.24, 2.45) is 5.41 Å². The van der Waals surface area contributed by atoms with Crippen molar-refractivity contribution in [2.45, 2.75) is 57.9 Å². The summed E-state index contributed by atoms with van der Waals surface area (Å²) in [5.41, 5.74) is 0.365. The molecular weight excluding hydrogens is 442 g/mol. The van der Waals surface area contributed by atoms with Crippen LogP contribution in [0, 0.1) is 5.41 Å². The van der Waals surface area contributed by atoms with Crippen LogP contribution in [0.25, 0.3) is 0 Å². The minimum absolute atomic E-state index is 0.103. The van der Waals surface area contributed by atoms with Crippen molar-refractivity contribution in [3.63, 3.8) is 0 Å². The molecule has 1 spiro atoms. The standard InChI is InChI=1S/C24H32ClN5O3/c25-19-7-8-21-20(14-19)23(32)27-15-24(9-2-1-3-13-33-21)10-5-11-29(16-24)22(31)6-4-12-30-18-26-17-28-30/h7-8,14,17-18H,1-6,9-13,15-16H2,(H,27,32). The second kappa shape index (κ2) is 11.0. The molecule has 33 heavy (non-hydrogen) atoms. The Hall–Kier alpha value is -2.61. The molecule has 1 saturated heterocycles. The summed E-state index contributed by atoms with van der Waals surface area (Å²) in [7, 11) is 0. The molecule has 0 bridgehead atoms. The van der Waals surface area contributed by atoms with Gasteiger partial charge in [-0.25, -0.2) is 4.98 Å². The van der Waals surface area contributed by atoms with Crippen molar-refractivity contribution in [3.8, 4) is 5.75 Å². The monoisotopic (exact) mass is 473 g/mol. The molecule has 8 nitrogen and oxygen atoms in total. The Balaban J connectivity index is 1.41. The number of carbonyl (C=O) groups is 2. The van der Waals surface area contributed by atoms with Crippen molar-refractivity contribution in [2.75, 3.05) is 26.2 Å². The van der Waals surface area contributed by atoms with Crippen LogP contribution < -0.4 is 10.1 Å². The highest BCUT2D eigenvalue weighted by molar-refractivity contribution is 6.31. The predicted octanol–water partition coefficient (Wildman–Crippen LogP) is 3.70. The molecule has 178 valence electrons. The van der Waals surface area contributed by atoms with Gasteiger partial charge in [-0.05, 0) is 50.3 Å². The van der Waals surface area contributed by atoms with E-state index >= 15 is 0 Å². The summed E-state index contributed by atoms with van der Waals surface area (Å²) >= 11 is 6.15. The molecule has 2 aromatic rings. The van der Waals surface area contributed by atoms with Gasteiger partial charge in [0, 0.05) is 43.0 Å². The number of carbonyl (C=O) groups excluding carboxylic acids is 2. The van der Waals surface area contributed by atoms with Gasteiger partial charge in [0.15, 0.2) is 0 Å². The van der Waals surface area contributed by atoms with E-state index in [0.717, 1.165) is 51.5 Å². The lowest BCUT2D eigenvalue weighted by atomic mass is 9.75. The molecule has 2 amide bonds. The van der Waals surface area contributed by atoms with Crippen LogP contribution in [0.2, 0.25) is 5.02 Å². The van der Waals surface area contributed by atoms with Crippen molar-refractivity contribution < 1.29 is 14.3 Å². The maximum absolute atomic E-state index is 13.0. The molecular formula is C24H32ClN5O3. The maximum atomic E-state index is 13.0. The van der Waals surface area contributed by atoms with Crippen molar-refractivity contribution >= 4 is 23.4 Å². The molecule has 3 heterocycles. The third-order valence-electron chi connectivity index (χ3n) is 6.68. The van der Waals surface area contributed by atoms with Gasteiger partial charge in [-0.2, -0.15) is 5.10 Å². The zero-order valence-corrected chi connectivity index (χ0v) is 19.7. The highest BCUT2D eigenvalue weighted by Crippen LogP contribution is 2.36. The quantitative estimate of drug-likeness (QED) is 0.731. The fourth-order valence-corrected chi connectivity index (χ4v) is 5.06. The zero-order valence-electron chi connectivity index (χ0n) is 19.0. The molecule has 0 aliphatic carbocycles. The highest BCUT2D eigenvalue weighted by Gasteiger charge is 2.37. The first-order chi connectivity index (χ1) is 16.0. The summed E-state index contributed by atoms with van der Waals surface area (Å²) in [6.45, 7) is 3.27. The fourth-order valence-electron chi connectivity index (χ4n) is 4.89. The second-order valence-corrected chi connectivity index (χ2v) is 9.60. The van der Waals surface area contributed by atoms with Crippen LogP contribution >= 0.6 is 11.6 Å². The normalized spacial score (nSPS) is 22.0. The van der Waals surface area contributed by atoms with E-state index in [4.69, 9.17) is 16.3 Å². The van der Waals surface area contributed by atoms with Crippen LogP contribution in [0.5, 0.6) is 5.75 Å². The van der Waals surface area contributed by atoms with E-state index in [1.54, 1.807) is 29.2 Å². The number of nitrogens with zero attached hydrogens (tertiary/aromatic N) is 4. The molecule has 1 aromatic carbocycles. The van der Waals surface area contributed by atoms with Gasteiger partial charge >= 0.3 is 0 Å². The van der Waals surface area contributed by atoms with Crippen molar-refractivity contribution in [1.29, 1.82) is 0 Å². The molecule has 9 heteroatoms. The Morgan fingerprint density at radius 2 is 2.09 bits per heavy atom. The van der Waals surface area contributed by atoms with Crippen LogP contribution in [-0.2, 0) is 11.3 Å². The summed E-state index contributed by atoms with van der Waals surface area (Å²) in [4.78, 5) is 31.9. The van der Waals surface area contributed by atoms with Crippen LogP contribution in [0.4, 0.5) is 0 Å². The first-order valence-electron chi connectivity index (χ1n) is 11.9. The summed E-state index contributed by atoms with van der Waals surface area (Å²) in [6, 6.07) is 5.17. The van der Waals surface area contributed by atoms with Gasteiger partial charge in [0.25, 0.3) is 5.91 Å². The van der Waals surface area contributed by atoms with Crippen LogP contribution in [-0.4, -0.2) is 57.7 Å². The Morgan fingerprint density at radius 1 is 1.21 bits per heavy atom. The number of hydrogen-bond acceptors (Lipinski definition) is 5. The number of likely N-dealkylation sites (tertiary alicyclic amines) is 1. The number of aryl methyl sites for hydroxylation is 1. The summed E-state index contributed by atoms with van der Waals surface area (Å²) in [5, 5.41) is 7.74. The van der Waals surface area contributed by atoms with Crippen molar-refractivity contribution in [1.82, 2.24) is 25.0 Å². The summed E-state index contributed by atoms with van der Waals surface area (Å²) in [6.07, 6.45) is 10.4. The van der Waals surface area contributed by atoms with Crippen LogP contribution in [0.1, 0.15) is 61.7 Å². The van der Waals surface area contributed by atoms with Gasteiger partial charge in [-0.1, -0.05) is 24.4 Å². The minimum Gasteiger partial charge on any atom is -0.493 e. The highest BCUT2D eigenvalue weighted by atomic mass is 35.5. The molecule has 0 saturated carbocycles. The molecule has 2 aliphatic rings. The van der Waals surface area contributed by atoms with Gasteiger partial charge in [-0.3, -0.25) is 14.3 Å². The molecule has 1 atom stereocenters. The minimum atomic E-state index is -0.177. The van der Waals surface area contributed by atoms with E-state index in [2.05, 4.69) is 15.4 Å². The average molecular weight is 474 g/mol. The molecule has 0 radical (unpaired) electrons.